The highest BCUT2D eigenvalue weighted by Gasteiger charge is 2.31. The van der Waals surface area contributed by atoms with Crippen LogP contribution in [-0.2, 0) is 19.2 Å². The number of nitrogens with two attached hydrogens (primary N) is 2. The van der Waals surface area contributed by atoms with Crippen LogP contribution in [-0.4, -0.2) is 83.7 Å². The summed E-state index contributed by atoms with van der Waals surface area (Å²) >= 11 is 0. The zero-order valence-electron chi connectivity index (χ0n) is 18.5. The van der Waals surface area contributed by atoms with Gasteiger partial charge in [0.25, 0.3) is 0 Å². The van der Waals surface area contributed by atoms with Gasteiger partial charge >= 0.3 is 5.97 Å². The monoisotopic (exact) mass is 457 g/mol. The minimum Gasteiger partial charge on any atom is -0.480 e. The number of carbonyl (C=O) groups is 4. The first-order chi connectivity index (χ1) is 15.1. The second-order valence-electron chi connectivity index (χ2n) is 7.97. The Bertz CT molecular complexity index is 690. The topological polar surface area (TPSA) is 221 Å². The number of carboxylic acids is 1. The number of aliphatic imine (C=N–C) groups is 1. The van der Waals surface area contributed by atoms with Gasteiger partial charge < -0.3 is 42.9 Å². The van der Waals surface area contributed by atoms with Crippen molar-refractivity contribution in [1.29, 1.82) is 0 Å². The van der Waals surface area contributed by atoms with Gasteiger partial charge in [-0.2, -0.15) is 0 Å². The molecule has 1 heterocycles. The lowest BCUT2D eigenvalue weighted by molar-refractivity contribution is -0.143. The van der Waals surface area contributed by atoms with Crippen molar-refractivity contribution in [2.24, 2.45) is 22.4 Å². The van der Waals surface area contributed by atoms with Crippen molar-refractivity contribution in [3.63, 3.8) is 0 Å². The summed E-state index contributed by atoms with van der Waals surface area (Å²) in [6.07, 6.45) is 1.87. The molecule has 4 atom stereocenters. The lowest BCUT2D eigenvalue weighted by Crippen LogP contribution is -2.58. The molecule has 0 saturated carbocycles. The Balaban J connectivity index is 2.85. The molecule has 0 spiro atoms. The molecule has 13 heteroatoms. The number of carbonyl (C=O) groups excluding carboxylic acids is 3. The van der Waals surface area contributed by atoms with E-state index in [2.05, 4.69) is 26.3 Å². The first-order valence-electron chi connectivity index (χ1n) is 10.6. The highest BCUT2D eigenvalue weighted by molar-refractivity contribution is 5.94. The molecular formula is C19H35N7O6. The molecule has 1 aliphatic rings. The van der Waals surface area contributed by atoms with Crippen LogP contribution < -0.4 is 32.7 Å². The predicted octanol–water partition coefficient (Wildman–Crippen LogP) is -3.02. The molecule has 0 aliphatic carbocycles. The highest BCUT2D eigenvalue weighted by atomic mass is 16.4. The molecule has 0 bridgehead atoms. The van der Waals surface area contributed by atoms with Crippen molar-refractivity contribution >= 4 is 29.7 Å². The van der Waals surface area contributed by atoms with E-state index in [0.717, 1.165) is 6.42 Å². The zero-order chi connectivity index (χ0) is 24.3. The third-order valence-corrected chi connectivity index (χ3v) is 5.00. The van der Waals surface area contributed by atoms with Crippen LogP contribution in [0.4, 0.5) is 0 Å². The summed E-state index contributed by atoms with van der Waals surface area (Å²) < 4.78 is 0. The SMILES string of the molecule is CC(C)C(NC(=O)C(CCCN=C(N)N)NC(=O)C(CO)NC(=O)C1CCCN1)C(=O)O. The van der Waals surface area contributed by atoms with E-state index >= 15 is 0 Å². The van der Waals surface area contributed by atoms with Gasteiger partial charge in [-0.3, -0.25) is 19.4 Å². The summed E-state index contributed by atoms with van der Waals surface area (Å²) in [5.41, 5.74) is 10.6. The Morgan fingerprint density at radius 1 is 1.09 bits per heavy atom. The second-order valence-corrected chi connectivity index (χ2v) is 7.97. The Hall–Kier alpha value is -2.93. The summed E-state index contributed by atoms with van der Waals surface area (Å²) in [5, 5.41) is 29.3. The van der Waals surface area contributed by atoms with Crippen molar-refractivity contribution in [3.05, 3.63) is 0 Å². The van der Waals surface area contributed by atoms with Crippen molar-refractivity contribution in [3.8, 4) is 0 Å². The van der Waals surface area contributed by atoms with Gasteiger partial charge in [-0.15, -0.1) is 0 Å². The lowest BCUT2D eigenvalue weighted by atomic mass is 10.0. The van der Waals surface area contributed by atoms with Crippen molar-refractivity contribution in [2.45, 2.75) is 63.7 Å². The maximum Gasteiger partial charge on any atom is 0.326 e. The third kappa shape index (κ3) is 9.06. The number of hydrogen-bond donors (Lipinski definition) is 8. The Labute approximate surface area is 186 Å². The second kappa shape index (κ2) is 13.5. The Morgan fingerprint density at radius 3 is 2.25 bits per heavy atom. The van der Waals surface area contributed by atoms with Crippen LogP contribution in [0.1, 0.15) is 39.5 Å². The quantitative estimate of drug-likeness (QED) is 0.0799. The molecule has 1 aliphatic heterocycles. The molecular weight excluding hydrogens is 422 g/mol. The van der Waals surface area contributed by atoms with E-state index in [-0.39, 0.29) is 18.9 Å². The van der Waals surface area contributed by atoms with Gasteiger partial charge in [0.05, 0.1) is 12.6 Å². The van der Waals surface area contributed by atoms with Gasteiger partial charge in [0.15, 0.2) is 5.96 Å². The van der Waals surface area contributed by atoms with E-state index < -0.39 is 60.4 Å². The van der Waals surface area contributed by atoms with Crippen LogP contribution in [0, 0.1) is 5.92 Å². The standard InChI is InChI=1S/C19H35N7O6/c1-10(2)14(18(31)32)26-16(29)12(6-4-8-23-19(20)21)24-17(30)13(9-27)25-15(28)11-5-3-7-22-11/h10-14,22,27H,3-9H2,1-2H3,(H,24,30)(H,25,28)(H,26,29)(H,31,32)(H4,20,21,23). The first kappa shape index (κ1) is 27.1. The number of nitrogens with zero attached hydrogens (tertiary/aromatic N) is 1. The summed E-state index contributed by atoms with van der Waals surface area (Å²) in [5.74, 6) is -3.61. The molecule has 13 nitrogen and oxygen atoms in total. The molecule has 1 saturated heterocycles. The highest BCUT2D eigenvalue weighted by Crippen LogP contribution is 2.07. The fourth-order valence-corrected chi connectivity index (χ4v) is 3.19. The van der Waals surface area contributed by atoms with E-state index in [0.29, 0.717) is 19.4 Å². The minimum atomic E-state index is -1.27. The number of aliphatic hydroxyl groups is 1. The van der Waals surface area contributed by atoms with Gasteiger partial charge in [-0.05, 0) is 38.1 Å². The summed E-state index contributed by atoms with van der Waals surface area (Å²) in [6.45, 7) is 3.49. The normalized spacial score (nSPS) is 18.3. The molecule has 182 valence electrons. The third-order valence-electron chi connectivity index (χ3n) is 5.00. The molecule has 1 rings (SSSR count). The van der Waals surface area contributed by atoms with Crippen LogP contribution >= 0.6 is 0 Å². The average molecular weight is 458 g/mol. The minimum absolute atomic E-state index is 0.106. The average Bonchev–Trinajstić information content (AvgIpc) is 3.26. The summed E-state index contributed by atoms with van der Waals surface area (Å²) in [6, 6.07) is -3.98. The number of aliphatic carboxylic acids is 1. The molecule has 10 N–H and O–H groups in total. The molecule has 0 aromatic heterocycles. The number of nitrogens with one attached hydrogen (secondary N) is 4. The number of hydrogen-bond acceptors (Lipinski definition) is 7. The first-order valence-corrected chi connectivity index (χ1v) is 10.6. The van der Waals surface area contributed by atoms with E-state index in [4.69, 9.17) is 11.5 Å². The molecule has 4 unspecified atom stereocenters. The van der Waals surface area contributed by atoms with E-state index in [1.165, 1.54) is 0 Å². The largest absolute Gasteiger partial charge is 0.480 e. The van der Waals surface area contributed by atoms with Crippen LogP contribution in [0.2, 0.25) is 0 Å². The Morgan fingerprint density at radius 2 is 1.75 bits per heavy atom. The molecule has 3 amide bonds. The van der Waals surface area contributed by atoms with Crippen molar-refractivity contribution < 1.29 is 29.4 Å². The van der Waals surface area contributed by atoms with Crippen LogP contribution in [0.15, 0.2) is 4.99 Å². The summed E-state index contributed by atoms with van der Waals surface area (Å²) in [7, 11) is 0. The van der Waals surface area contributed by atoms with E-state index in [9.17, 15) is 29.4 Å². The molecule has 32 heavy (non-hydrogen) atoms. The van der Waals surface area contributed by atoms with E-state index in [1.54, 1.807) is 13.8 Å². The zero-order valence-corrected chi connectivity index (χ0v) is 18.5. The van der Waals surface area contributed by atoms with Crippen molar-refractivity contribution in [2.75, 3.05) is 19.7 Å². The number of aliphatic hydroxyl groups excluding tert-OH is 1. The fourth-order valence-electron chi connectivity index (χ4n) is 3.19. The number of rotatable bonds is 13. The smallest absolute Gasteiger partial charge is 0.326 e. The van der Waals surface area contributed by atoms with Gasteiger partial charge in [0.1, 0.15) is 18.1 Å². The molecule has 1 fully saturated rings. The van der Waals surface area contributed by atoms with Gasteiger partial charge in [0.2, 0.25) is 17.7 Å². The maximum absolute atomic E-state index is 12.7. The molecule has 0 radical (unpaired) electrons. The fraction of sp³-hybridized carbons (Fsp3) is 0.737. The lowest BCUT2D eigenvalue weighted by Gasteiger charge is -2.25. The predicted molar refractivity (Wildman–Crippen MR) is 116 cm³/mol. The number of carboxylic acid groups (broad SMARTS) is 1. The van der Waals surface area contributed by atoms with E-state index in [1.807, 2.05) is 0 Å². The van der Waals surface area contributed by atoms with Crippen LogP contribution in [0.5, 0.6) is 0 Å². The molecule has 0 aromatic rings. The summed E-state index contributed by atoms with van der Waals surface area (Å²) in [4.78, 5) is 52.9. The number of guanidine groups is 1. The van der Waals surface area contributed by atoms with Gasteiger partial charge in [-0.1, -0.05) is 13.8 Å². The number of amides is 3. The molecule has 0 aromatic carbocycles. The van der Waals surface area contributed by atoms with Crippen LogP contribution in [0.25, 0.3) is 0 Å². The maximum atomic E-state index is 12.7. The van der Waals surface area contributed by atoms with Crippen molar-refractivity contribution in [1.82, 2.24) is 21.3 Å². The van der Waals surface area contributed by atoms with Gasteiger partial charge in [0, 0.05) is 6.54 Å². The Kier molecular flexibility index (Phi) is 11.4. The van der Waals surface area contributed by atoms with Gasteiger partial charge in [-0.25, -0.2) is 4.79 Å². The van der Waals surface area contributed by atoms with Crippen LogP contribution in [0.3, 0.4) is 0 Å².